The molecule has 0 saturated heterocycles. The van der Waals surface area contributed by atoms with Gasteiger partial charge in [0.2, 0.25) is 0 Å². The standard InChI is InChI=1S/C21H16Cl3N3O3/c1-10-7-12(13(21(29)30)8-15(10)23)20(28)27-6-5-16-18(26-9-25-16)19(27)11-3-2-4-14(22)17(11)24/h2-4,7-9,19H,5-6H2,1H3,(H,25,26)(H,29,30). The van der Waals surface area contributed by atoms with Crippen molar-refractivity contribution < 1.29 is 14.7 Å². The van der Waals surface area contributed by atoms with Gasteiger partial charge in [0, 0.05) is 29.2 Å². The number of carbonyl (C=O) groups excluding carboxylic acids is 1. The number of amides is 1. The summed E-state index contributed by atoms with van der Waals surface area (Å²) in [6.07, 6.45) is 2.12. The number of aromatic nitrogens is 2. The van der Waals surface area contributed by atoms with Gasteiger partial charge in [0.1, 0.15) is 6.04 Å². The van der Waals surface area contributed by atoms with E-state index in [1.165, 1.54) is 12.1 Å². The van der Waals surface area contributed by atoms with Crippen LogP contribution in [0.3, 0.4) is 0 Å². The summed E-state index contributed by atoms with van der Waals surface area (Å²) in [4.78, 5) is 34.5. The zero-order chi connectivity index (χ0) is 21.6. The Balaban J connectivity index is 1.88. The molecule has 2 aromatic carbocycles. The van der Waals surface area contributed by atoms with Crippen molar-refractivity contribution in [3.8, 4) is 0 Å². The first-order chi connectivity index (χ1) is 14.3. The number of aryl methyl sites for hydroxylation is 1. The number of H-pyrrole nitrogens is 1. The number of carboxylic acid groups (broad SMARTS) is 1. The lowest BCUT2D eigenvalue weighted by atomic mass is 9.93. The zero-order valence-electron chi connectivity index (χ0n) is 15.7. The van der Waals surface area contributed by atoms with E-state index in [4.69, 9.17) is 34.8 Å². The second-order valence-corrected chi connectivity index (χ2v) is 8.20. The molecular formula is C21H16Cl3N3O3. The van der Waals surface area contributed by atoms with Crippen LogP contribution in [0.15, 0.2) is 36.7 Å². The number of hydrogen-bond acceptors (Lipinski definition) is 3. The van der Waals surface area contributed by atoms with Crippen molar-refractivity contribution in [2.75, 3.05) is 6.54 Å². The third-order valence-corrected chi connectivity index (χ3v) is 6.46. The van der Waals surface area contributed by atoms with Crippen molar-refractivity contribution in [3.63, 3.8) is 0 Å². The largest absolute Gasteiger partial charge is 0.478 e. The Bertz CT molecular complexity index is 1180. The summed E-state index contributed by atoms with van der Waals surface area (Å²) in [6, 6.07) is 7.40. The number of nitrogens with one attached hydrogen (secondary N) is 1. The highest BCUT2D eigenvalue weighted by molar-refractivity contribution is 6.42. The normalized spacial score (nSPS) is 15.7. The molecule has 1 unspecified atom stereocenters. The van der Waals surface area contributed by atoms with Gasteiger partial charge in [-0.05, 0) is 30.7 Å². The molecule has 30 heavy (non-hydrogen) atoms. The molecular weight excluding hydrogens is 449 g/mol. The molecule has 1 aromatic heterocycles. The lowest BCUT2D eigenvalue weighted by Crippen LogP contribution is -2.41. The van der Waals surface area contributed by atoms with Crippen LogP contribution in [0.4, 0.5) is 0 Å². The van der Waals surface area contributed by atoms with Gasteiger partial charge in [-0.25, -0.2) is 9.78 Å². The first-order valence-corrected chi connectivity index (χ1v) is 10.2. The van der Waals surface area contributed by atoms with E-state index in [0.29, 0.717) is 39.8 Å². The van der Waals surface area contributed by atoms with Crippen molar-refractivity contribution in [1.29, 1.82) is 0 Å². The number of imidazole rings is 1. The molecule has 0 bridgehead atoms. The van der Waals surface area contributed by atoms with Crippen molar-refractivity contribution >= 4 is 46.7 Å². The molecule has 0 saturated carbocycles. The average molecular weight is 465 g/mol. The van der Waals surface area contributed by atoms with Crippen LogP contribution in [-0.2, 0) is 6.42 Å². The lowest BCUT2D eigenvalue weighted by Gasteiger charge is -2.36. The predicted octanol–water partition coefficient (Wildman–Crippen LogP) is 5.16. The van der Waals surface area contributed by atoms with Crippen LogP contribution in [0.25, 0.3) is 0 Å². The van der Waals surface area contributed by atoms with Crippen LogP contribution in [-0.4, -0.2) is 38.4 Å². The van der Waals surface area contributed by atoms with E-state index in [-0.39, 0.29) is 16.1 Å². The van der Waals surface area contributed by atoms with Crippen molar-refractivity contribution in [3.05, 3.63) is 85.4 Å². The Hall–Kier alpha value is -2.54. The van der Waals surface area contributed by atoms with Gasteiger partial charge in [-0.1, -0.05) is 46.9 Å². The van der Waals surface area contributed by atoms with E-state index in [2.05, 4.69) is 9.97 Å². The van der Waals surface area contributed by atoms with Gasteiger partial charge < -0.3 is 15.0 Å². The van der Waals surface area contributed by atoms with Crippen LogP contribution in [0, 0.1) is 6.92 Å². The minimum absolute atomic E-state index is 0.0616. The van der Waals surface area contributed by atoms with Crippen LogP contribution in [0.1, 0.15) is 49.3 Å². The molecule has 154 valence electrons. The number of carbonyl (C=O) groups is 2. The maximum atomic E-state index is 13.6. The second-order valence-electron chi connectivity index (χ2n) is 7.01. The number of aromatic carboxylic acids is 1. The summed E-state index contributed by atoms with van der Waals surface area (Å²) >= 11 is 18.8. The lowest BCUT2D eigenvalue weighted by molar-refractivity contribution is 0.0651. The van der Waals surface area contributed by atoms with Crippen LogP contribution in [0.2, 0.25) is 15.1 Å². The topological polar surface area (TPSA) is 86.3 Å². The molecule has 1 amide bonds. The molecule has 4 rings (SSSR count). The van der Waals surface area contributed by atoms with Gasteiger partial charge in [-0.2, -0.15) is 0 Å². The Morgan fingerprint density at radius 1 is 1.17 bits per heavy atom. The fourth-order valence-corrected chi connectivity index (χ4v) is 4.31. The van der Waals surface area contributed by atoms with Crippen molar-refractivity contribution in [2.24, 2.45) is 0 Å². The average Bonchev–Trinajstić information content (AvgIpc) is 3.19. The van der Waals surface area contributed by atoms with Gasteiger partial charge in [0.05, 0.1) is 33.2 Å². The van der Waals surface area contributed by atoms with Crippen LogP contribution < -0.4 is 0 Å². The summed E-state index contributed by atoms with van der Waals surface area (Å²) in [7, 11) is 0. The molecule has 1 aliphatic heterocycles. The molecule has 0 spiro atoms. The number of nitrogens with zero attached hydrogens (tertiary/aromatic N) is 2. The predicted molar refractivity (Wildman–Crippen MR) is 115 cm³/mol. The molecule has 2 heterocycles. The molecule has 9 heteroatoms. The van der Waals surface area contributed by atoms with Gasteiger partial charge >= 0.3 is 5.97 Å². The van der Waals surface area contributed by atoms with E-state index in [9.17, 15) is 14.7 Å². The number of rotatable bonds is 3. The maximum absolute atomic E-state index is 13.6. The fraction of sp³-hybridized carbons (Fsp3) is 0.190. The highest BCUT2D eigenvalue weighted by Gasteiger charge is 2.37. The quantitative estimate of drug-likeness (QED) is 0.560. The Morgan fingerprint density at radius 3 is 2.67 bits per heavy atom. The minimum Gasteiger partial charge on any atom is -0.478 e. The number of benzene rings is 2. The summed E-state index contributed by atoms with van der Waals surface area (Å²) in [5.74, 6) is -1.67. The Kier molecular flexibility index (Phi) is 5.49. The highest BCUT2D eigenvalue weighted by Crippen LogP contribution is 2.40. The fourth-order valence-electron chi connectivity index (χ4n) is 3.73. The molecule has 0 radical (unpaired) electrons. The monoisotopic (exact) mass is 463 g/mol. The highest BCUT2D eigenvalue weighted by atomic mass is 35.5. The number of halogens is 3. The molecule has 1 aliphatic rings. The zero-order valence-corrected chi connectivity index (χ0v) is 18.0. The number of carboxylic acids is 1. The number of fused-ring (bicyclic) bond motifs is 1. The summed E-state index contributed by atoms with van der Waals surface area (Å²) in [5, 5.41) is 10.6. The van der Waals surface area contributed by atoms with Gasteiger partial charge in [-0.3, -0.25) is 4.79 Å². The van der Waals surface area contributed by atoms with E-state index < -0.39 is 17.9 Å². The van der Waals surface area contributed by atoms with Crippen molar-refractivity contribution in [1.82, 2.24) is 14.9 Å². The molecule has 3 aromatic rings. The van der Waals surface area contributed by atoms with E-state index in [1.54, 1.807) is 36.4 Å². The number of aromatic amines is 1. The summed E-state index contributed by atoms with van der Waals surface area (Å²) in [6.45, 7) is 2.07. The second kappa shape index (κ2) is 7.95. The van der Waals surface area contributed by atoms with E-state index in [0.717, 1.165) is 5.69 Å². The van der Waals surface area contributed by atoms with Gasteiger partial charge in [0.25, 0.3) is 5.91 Å². The van der Waals surface area contributed by atoms with E-state index >= 15 is 0 Å². The SMILES string of the molecule is Cc1cc(C(=O)N2CCc3[nH]cnc3C2c2cccc(Cl)c2Cl)c(C(=O)O)cc1Cl. The molecule has 0 fully saturated rings. The Labute approximate surface area is 187 Å². The van der Waals surface area contributed by atoms with Crippen LogP contribution >= 0.6 is 34.8 Å². The minimum atomic E-state index is -1.23. The maximum Gasteiger partial charge on any atom is 0.336 e. The summed E-state index contributed by atoms with van der Waals surface area (Å²) < 4.78 is 0. The molecule has 1 atom stereocenters. The third kappa shape index (κ3) is 3.45. The molecule has 6 nitrogen and oxygen atoms in total. The van der Waals surface area contributed by atoms with Gasteiger partial charge in [-0.15, -0.1) is 0 Å². The van der Waals surface area contributed by atoms with E-state index in [1.807, 2.05) is 0 Å². The van der Waals surface area contributed by atoms with Crippen LogP contribution in [0.5, 0.6) is 0 Å². The first-order valence-electron chi connectivity index (χ1n) is 9.10. The molecule has 2 N–H and O–H groups in total. The van der Waals surface area contributed by atoms with Gasteiger partial charge in [0.15, 0.2) is 0 Å². The first kappa shape index (κ1) is 20.7. The summed E-state index contributed by atoms with van der Waals surface area (Å²) in [5.41, 5.74) is 2.69. The Morgan fingerprint density at radius 2 is 1.93 bits per heavy atom. The van der Waals surface area contributed by atoms with Crippen molar-refractivity contribution in [2.45, 2.75) is 19.4 Å². The third-order valence-electron chi connectivity index (χ3n) is 5.22. The molecule has 0 aliphatic carbocycles. The smallest absolute Gasteiger partial charge is 0.336 e. The number of hydrogen-bond donors (Lipinski definition) is 2.